The van der Waals surface area contributed by atoms with Gasteiger partial charge in [-0.15, -0.1) is 0 Å². The van der Waals surface area contributed by atoms with Crippen molar-refractivity contribution in [3.63, 3.8) is 0 Å². The smallest absolute Gasteiger partial charge is 0.335 e. The van der Waals surface area contributed by atoms with Crippen molar-refractivity contribution in [2.24, 2.45) is 0 Å². The van der Waals surface area contributed by atoms with Crippen molar-refractivity contribution in [3.8, 4) is 6.07 Å². The van der Waals surface area contributed by atoms with Crippen LogP contribution in [0.5, 0.6) is 0 Å². The van der Waals surface area contributed by atoms with Gasteiger partial charge in [0.1, 0.15) is 17.4 Å². The van der Waals surface area contributed by atoms with Gasteiger partial charge in [-0.3, -0.25) is 4.79 Å². The summed E-state index contributed by atoms with van der Waals surface area (Å²) in [6.45, 7) is 0.333. The fourth-order valence-electron chi connectivity index (χ4n) is 1.74. The van der Waals surface area contributed by atoms with Gasteiger partial charge in [-0.25, -0.2) is 4.79 Å². The summed E-state index contributed by atoms with van der Waals surface area (Å²) in [6.07, 6.45) is 2.80. The lowest BCUT2D eigenvalue weighted by Gasteiger charge is -2.05. The molecular weight excluding hydrogens is 298 g/mol. The van der Waals surface area contributed by atoms with E-state index in [2.05, 4.69) is 10.6 Å². The molecule has 2 aromatic rings. The van der Waals surface area contributed by atoms with Gasteiger partial charge in [0, 0.05) is 11.9 Å². The average molecular weight is 311 g/mol. The molecule has 7 nitrogen and oxygen atoms in total. The van der Waals surface area contributed by atoms with E-state index in [1.165, 1.54) is 36.7 Å². The van der Waals surface area contributed by atoms with Gasteiger partial charge in [0.25, 0.3) is 5.91 Å². The number of nitriles is 1. The van der Waals surface area contributed by atoms with Crippen molar-refractivity contribution in [1.29, 1.82) is 5.26 Å². The van der Waals surface area contributed by atoms with Crippen LogP contribution in [0.2, 0.25) is 0 Å². The largest absolute Gasteiger partial charge is 0.478 e. The van der Waals surface area contributed by atoms with Crippen molar-refractivity contribution in [3.05, 3.63) is 65.8 Å². The predicted molar refractivity (Wildman–Crippen MR) is 81.3 cm³/mol. The monoisotopic (exact) mass is 311 g/mol. The van der Waals surface area contributed by atoms with Crippen molar-refractivity contribution < 1.29 is 19.1 Å². The lowest BCUT2D eigenvalue weighted by atomic mass is 10.2. The number of carboxylic acid groups (broad SMARTS) is 1. The number of carboxylic acids is 1. The molecule has 0 aliphatic rings. The van der Waals surface area contributed by atoms with Gasteiger partial charge in [-0.05, 0) is 30.3 Å². The SMILES string of the molecule is N#C/C(=C/NCc1ccco1)C(=O)Nc1cccc(C(=O)O)c1. The number of amides is 1. The molecule has 0 bridgehead atoms. The normalized spacial score (nSPS) is 10.7. The summed E-state index contributed by atoms with van der Waals surface area (Å²) < 4.78 is 5.11. The van der Waals surface area contributed by atoms with Gasteiger partial charge in [0.05, 0.1) is 18.4 Å². The van der Waals surface area contributed by atoms with Crippen molar-refractivity contribution in [2.75, 3.05) is 5.32 Å². The Morgan fingerprint density at radius 1 is 1.30 bits per heavy atom. The second-order valence-electron chi connectivity index (χ2n) is 4.47. The van der Waals surface area contributed by atoms with E-state index >= 15 is 0 Å². The molecular formula is C16H13N3O4. The number of carbonyl (C=O) groups excluding carboxylic acids is 1. The zero-order valence-corrected chi connectivity index (χ0v) is 11.9. The highest BCUT2D eigenvalue weighted by Crippen LogP contribution is 2.11. The minimum atomic E-state index is -1.10. The van der Waals surface area contributed by atoms with Crippen LogP contribution in [0.3, 0.4) is 0 Å². The van der Waals surface area contributed by atoms with Crippen LogP contribution in [0, 0.1) is 11.3 Å². The van der Waals surface area contributed by atoms with Gasteiger partial charge in [-0.2, -0.15) is 5.26 Å². The highest BCUT2D eigenvalue weighted by Gasteiger charge is 2.10. The van der Waals surface area contributed by atoms with Crippen LogP contribution >= 0.6 is 0 Å². The van der Waals surface area contributed by atoms with E-state index in [1.54, 1.807) is 18.2 Å². The number of benzene rings is 1. The Balaban J connectivity index is 2.01. The number of furan rings is 1. The predicted octanol–water partition coefficient (Wildman–Crippen LogP) is 2.11. The van der Waals surface area contributed by atoms with Gasteiger partial charge < -0.3 is 20.2 Å². The lowest BCUT2D eigenvalue weighted by molar-refractivity contribution is -0.112. The molecule has 0 unspecified atom stereocenters. The van der Waals surface area contributed by atoms with Crippen LogP contribution < -0.4 is 10.6 Å². The molecule has 3 N–H and O–H groups in total. The molecule has 0 radical (unpaired) electrons. The maximum absolute atomic E-state index is 12.0. The number of nitrogens with zero attached hydrogens (tertiary/aromatic N) is 1. The molecule has 0 aliphatic carbocycles. The van der Waals surface area contributed by atoms with Gasteiger partial charge >= 0.3 is 5.97 Å². The molecule has 0 fully saturated rings. The Morgan fingerprint density at radius 2 is 2.13 bits per heavy atom. The molecule has 2 rings (SSSR count). The van der Waals surface area contributed by atoms with Gasteiger partial charge in [0.15, 0.2) is 0 Å². The summed E-state index contributed by atoms with van der Waals surface area (Å²) in [5.41, 5.74) is 0.195. The molecule has 1 aromatic heterocycles. The fourth-order valence-corrected chi connectivity index (χ4v) is 1.74. The van der Waals surface area contributed by atoms with Crippen molar-refractivity contribution in [1.82, 2.24) is 5.32 Å². The minimum Gasteiger partial charge on any atom is -0.478 e. The Hall–Kier alpha value is -3.53. The summed E-state index contributed by atoms with van der Waals surface area (Å²) in [4.78, 5) is 22.9. The van der Waals surface area contributed by atoms with Crippen LogP contribution in [-0.2, 0) is 11.3 Å². The Labute approximate surface area is 131 Å². The fraction of sp³-hybridized carbons (Fsp3) is 0.0625. The van der Waals surface area contributed by atoms with Gasteiger partial charge in [0.2, 0.25) is 0 Å². The maximum atomic E-state index is 12.0. The zero-order valence-electron chi connectivity index (χ0n) is 11.9. The number of hydrogen-bond acceptors (Lipinski definition) is 5. The average Bonchev–Trinajstić information content (AvgIpc) is 3.05. The molecule has 23 heavy (non-hydrogen) atoms. The lowest BCUT2D eigenvalue weighted by Crippen LogP contribution is -2.16. The van der Waals surface area contributed by atoms with Crippen LogP contribution in [-0.4, -0.2) is 17.0 Å². The molecule has 0 saturated heterocycles. The van der Waals surface area contributed by atoms with E-state index in [9.17, 15) is 9.59 Å². The van der Waals surface area contributed by atoms with E-state index in [0.29, 0.717) is 18.0 Å². The first kappa shape index (κ1) is 15.9. The molecule has 0 spiro atoms. The quantitative estimate of drug-likeness (QED) is 0.556. The topological polar surface area (TPSA) is 115 Å². The number of nitrogens with one attached hydrogen (secondary N) is 2. The third-order valence-corrected chi connectivity index (χ3v) is 2.84. The minimum absolute atomic E-state index is 0.0428. The van der Waals surface area contributed by atoms with Gasteiger partial charge in [-0.1, -0.05) is 6.07 Å². The molecule has 1 aromatic carbocycles. The van der Waals surface area contributed by atoms with E-state index in [1.807, 2.05) is 0 Å². The Morgan fingerprint density at radius 3 is 2.78 bits per heavy atom. The highest BCUT2D eigenvalue weighted by atomic mass is 16.4. The van der Waals surface area contributed by atoms with Crippen LogP contribution in [0.1, 0.15) is 16.1 Å². The first-order valence-corrected chi connectivity index (χ1v) is 6.61. The van der Waals surface area contributed by atoms with Crippen LogP contribution in [0.25, 0.3) is 0 Å². The number of rotatable bonds is 6. The summed E-state index contributed by atoms with van der Waals surface area (Å²) in [5, 5.41) is 23.2. The number of hydrogen-bond donors (Lipinski definition) is 3. The molecule has 7 heteroatoms. The highest BCUT2D eigenvalue weighted by molar-refractivity contribution is 6.06. The molecule has 0 aliphatic heterocycles. The third kappa shape index (κ3) is 4.47. The van der Waals surface area contributed by atoms with Crippen LogP contribution in [0.15, 0.2) is 58.9 Å². The first-order chi connectivity index (χ1) is 11.1. The molecule has 0 saturated carbocycles. The molecule has 0 atom stereocenters. The Bertz CT molecular complexity index is 773. The summed E-state index contributed by atoms with van der Waals surface area (Å²) in [6, 6.07) is 11.0. The van der Waals surface area contributed by atoms with E-state index in [-0.39, 0.29) is 11.1 Å². The van der Waals surface area contributed by atoms with E-state index in [4.69, 9.17) is 14.8 Å². The zero-order chi connectivity index (χ0) is 16.7. The molecule has 1 amide bonds. The summed E-state index contributed by atoms with van der Waals surface area (Å²) >= 11 is 0. The van der Waals surface area contributed by atoms with Crippen molar-refractivity contribution >= 4 is 17.6 Å². The maximum Gasteiger partial charge on any atom is 0.335 e. The van der Waals surface area contributed by atoms with Crippen molar-refractivity contribution in [2.45, 2.75) is 6.54 Å². The second kappa shape index (κ2) is 7.47. The molecule has 116 valence electrons. The van der Waals surface area contributed by atoms with E-state index < -0.39 is 11.9 Å². The third-order valence-electron chi connectivity index (χ3n) is 2.84. The number of carbonyl (C=O) groups is 2. The summed E-state index contributed by atoms with van der Waals surface area (Å²) in [5.74, 6) is -1.08. The number of aromatic carboxylic acids is 1. The first-order valence-electron chi connectivity index (χ1n) is 6.61. The summed E-state index contributed by atoms with van der Waals surface area (Å²) in [7, 11) is 0. The second-order valence-corrected chi connectivity index (χ2v) is 4.47. The van der Waals surface area contributed by atoms with Crippen LogP contribution in [0.4, 0.5) is 5.69 Å². The Kier molecular flexibility index (Phi) is 5.15. The van der Waals surface area contributed by atoms with E-state index in [0.717, 1.165) is 0 Å². The standard InChI is InChI=1S/C16H13N3O4/c17-8-12(9-18-10-14-5-2-6-23-14)15(20)19-13-4-1-3-11(7-13)16(21)22/h1-7,9,18H,10H2,(H,19,20)(H,21,22)/b12-9-. The molecule has 1 heterocycles. The number of anilines is 1.